The third-order valence-corrected chi connectivity index (χ3v) is 8.53. The number of rotatable bonds is 22. The van der Waals surface area contributed by atoms with Crippen LogP contribution in [0.4, 0.5) is 0 Å². The van der Waals surface area contributed by atoms with E-state index in [-0.39, 0.29) is 11.6 Å². The van der Waals surface area contributed by atoms with Crippen molar-refractivity contribution in [2.45, 2.75) is 138 Å². The number of carbonyl (C=O) groups is 2. The number of ether oxygens (including phenoxy) is 2. The molecule has 0 aliphatic rings. The van der Waals surface area contributed by atoms with Crippen molar-refractivity contribution in [1.82, 2.24) is 0 Å². The van der Waals surface area contributed by atoms with Crippen LogP contribution in [0.3, 0.4) is 0 Å². The summed E-state index contributed by atoms with van der Waals surface area (Å²) in [6.07, 6.45) is 18.6. The van der Waals surface area contributed by atoms with Gasteiger partial charge in [-0.1, -0.05) is 104 Å². The summed E-state index contributed by atoms with van der Waals surface area (Å²) >= 11 is 0. The van der Waals surface area contributed by atoms with Gasteiger partial charge in [0.15, 0.2) is 11.6 Å². The van der Waals surface area contributed by atoms with E-state index in [1.54, 1.807) is 0 Å². The van der Waals surface area contributed by atoms with Gasteiger partial charge in [0.1, 0.15) is 11.5 Å². The van der Waals surface area contributed by atoms with Gasteiger partial charge in [0.25, 0.3) is 0 Å². The molecule has 0 saturated heterocycles. The molecule has 0 aliphatic heterocycles. The summed E-state index contributed by atoms with van der Waals surface area (Å²) in [5.74, 6) is 1.72. The zero-order valence-electron chi connectivity index (χ0n) is 29.7. The minimum absolute atomic E-state index is 0.129. The molecule has 4 heteroatoms. The summed E-state index contributed by atoms with van der Waals surface area (Å²) < 4.78 is 13.1. The summed E-state index contributed by atoms with van der Waals surface area (Å²) in [6.45, 7) is 18.2. The standard InChI is InChI=1S/C41H60O4/c1-9-15-19-29-44-39-31(23-17-11-3)35(27-25-33(39)37(42)21-13-5)41(7,8)36-28-26-34(38(43)22-14-6)40(32(36)24-18-12-4)45-30-20-16-10-2/h11-12,17-18,25-28H,9-10,13-16,19-24,29-30H2,1-8H3. The van der Waals surface area contributed by atoms with Crippen LogP contribution >= 0.6 is 0 Å². The predicted octanol–water partition coefficient (Wildman–Crippen LogP) is 11.4. The number of benzene rings is 2. The van der Waals surface area contributed by atoms with Gasteiger partial charge in [-0.15, -0.1) is 0 Å². The molecule has 0 amide bonds. The Kier molecular flexibility index (Phi) is 17.0. The summed E-state index contributed by atoms with van der Waals surface area (Å²) in [6, 6.07) is 8.24. The molecule has 0 saturated carbocycles. The minimum Gasteiger partial charge on any atom is -0.493 e. The third-order valence-electron chi connectivity index (χ3n) is 8.53. The fourth-order valence-corrected chi connectivity index (χ4v) is 5.99. The molecule has 0 unspecified atom stereocenters. The molecule has 2 aromatic carbocycles. The van der Waals surface area contributed by atoms with E-state index in [0.29, 0.717) is 50.0 Å². The van der Waals surface area contributed by atoms with E-state index >= 15 is 0 Å². The summed E-state index contributed by atoms with van der Waals surface area (Å²) in [7, 11) is 0. The highest BCUT2D eigenvalue weighted by atomic mass is 16.5. The van der Waals surface area contributed by atoms with Crippen LogP contribution in [0.5, 0.6) is 11.5 Å². The minimum atomic E-state index is -0.463. The number of allylic oxidation sites excluding steroid dienone is 4. The normalized spacial score (nSPS) is 11.9. The zero-order chi connectivity index (χ0) is 33.2. The maximum atomic E-state index is 13.4. The first-order valence-electron chi connectivity index (χ1n) is 17.6. The number of carbonyl (C=O) groups excluding carboxylic acids is 2. The second-order valence-corrected chi connectivity index (χ2v) is 12.6. The highest BCUT2D eigenvalue weighted by Crippen LogP contribution is 2.44. The Morgan fingerprint density at radius 3 is 1.36 bits per heavy atom. The first-order chi connectivity index (χ1) is 21.7. The van der Waals surface area contributed by atoms with Crippen LogP contribution in [0.1, 0.15) is 163 Å². The molecule has 0 aliphatic carbocycles. The van der Waals surface area contributed by atoms with Gasteiger partial charge in [-0.3, -0.25) is 9.59 Å². The second-order valence-electron chi connectivity index (χ2n) is 12.6. The number of Topliss-reactive ketones (excluding diaryl/α,β-unsaturated/α-hetero) is 2. The molecule has 0 fully saturated rings. The fourth-order valence-electron chi connectivity index (χ4n) is 5.99. The van der Waals surface area contributed by atoms with Gasteiger partial charge in [0, 0.05) is 29.4 Å². The Bertz CT molecular complexity index is 1180. The maximum Gasteiger partial charge on any atom is 0.166 e. The van der Waals surface area contributed by atoms with Crippen molar-refractivity contribution in [1.29, 1.82) is 0 Å². The van der Waals surface area contributed by atoms with Gasteiger partial charge >= 0.3 is 0 Å². The van der Waals surface area contributed by atoms with Crippen molar-refractivity contribution in [3.05, 3.63) is 82.0 Å². The van der Waals surface area contributed by atoms with Gasteiger partial charge in [0.05, 0.1) is 24.3 Å². The molecule has 4 nitrogen and oxygen atoms in total. The van der Waals surface area contributed by atoms with E-state index in [9.17, 15) is 9.59 Å². The molecule has 0 bridgehead atoms. The van der Waals surface area contributed by atoms with Crippen LogP contribution in [-0.4, -0.2) is 24.8 Å². The van der Waals surface area contributed by atoms with Crippen LogP contribution in [0.2, 0.25) is 0 Å². The molecule has 0 heterocycles. The smallest absolute Gasteiger partial charge is 0.166 e. The average Bonchev–Trinajstić information content (AvgIpc) is 3.03. The quantitative estimate of drug-likeness (QED) is 0.0750. The average molecular weight is 617 g/mol. The van der Waals surface area contributed by atoms with Crippen molar-refractivity contribution >= 4 is 11.6 Å². The maximum absolute atomic E-state index is 13.4. The van der Waals surface area contributed by atoms with E-state index in [0.717, 1.165) is 85.1 Å². The van der Waals surface area contributed by atoms with E-state index < -0.39 is 5.41 Å². The van der Waals surface area contributed by atoms with Crippen molar-refractivity contribution in [3.63, 3.8) is 0 Å². The molecule has 0 N–H and O–H groups in total. The zero-order valence-corrected chi connectivity index (χ0v) is 29.7. The first-order valence-corrected chi connectivity index (χ1v) is 17.6. The fraction of sp³-hybridized carbons (Fsp3) is 0.561. The van der Waals surface area contributed by atoms with Crippen LogP contribution in [0.15, 0.2) is 48.6 Å². The Morgan fingerprint density at radius 1 is 0.622 bits per heavy atom. The SMILES string of the molecule is CC=CCc1c(C(C)(C)c2ccc(C(=O)CCC)c(OCCCCC)c2CC=CC)ccc(C(=O)CCC)c1OCCCCC. The van der Waals surface area contributed by atoms with Gasteiger partial charge < -0.3 is 9.47 Å². The van der Waals surface area contributed by atoms with Crippen molar-refractivity contribution < 1.29 is 19.1 Å². The van der Waals surface area contributed by atoms with Crippen LogP contribution in [0.25, 0.3) is 0 Å². The van der Waals surface area contributed by atoms with Crippen molar-refractivity contribution in [3.8, 4) is 11.5 Å². The summed E-state index contributed by atoms with van der Waals surface area (Å²) in [5.41, 5.74) is 5.28. The Labute approximate surface area is 274 Å². The molecule has 0 radical (unpaired) electrons. The molecular formula is C41H60O4. The van der Waals surface area contributed by atoms with Crippen LogP contribution < -0.4 is 9.47 Å². The highest BCUT2D eigenvalue weighted by molar-refractivity contribution is 6.00. The van der Waals surface area contributed by atoms with Gasteiger partial charge in [0.2, 0.25) is 0 Å². The molecule has 45 heavy (non-hydrogen) atoms. The Morgan fingerprint density at radius 2 is 1.02 bits per heavy atom. The molecular weight excluding hydrogens is 556 g/mol. The second kappa shape index (κ2) is 20.1. The Hall–Kier alpha value is -3.14. The van der Waals surface area contributed by atoms with E-state index in [2.05, 4.69) is 64.1 Å². The van der Waals surface area contributed by atoms with Gasteiger partial charge in [-0.05, 0) is 75.6 Å². The number of hydrogen-bond donors (Lipinski definition) is 0. The number of unbranched alkanes of at least 4 members (excludes halogenated alkanes) is 4. The lowest BCUT2D eigenvalue weighted by Gasteiger charge is -2.33. The van der Waals surface area contributed by atoms with Gasteiger partial charge in [-0.2, -0.15) is 0 Å². The molecule has 0 atom stereocenters. The summed E-state index contributed by atoms with van der Waals surface area (Å²) in [5, 5.41) is 0. The lowest BCUT2D eigenvalue weighted by Crippen LogP contribution is -2.25. The van der Waals surface area contributed by atoms with Crippen LogP contribution in [-0.2, 0) is 18.3 Å². The molecule has 2 rings (SSSR count). The first kappa shape index (κ1) is 38.0. The van der Waals surface area contributed by atoms with E-state index in [1.165, 1.54) is 0 Å². The number of hydrogen-bond acceptors (Lipinski definition) is 4. The molecule has 248 valence electrons. The monoisotopic (exact) mass is 616 g/mol. The Balaban J connectivity index is 2.89. The summed E-state index contributed by atoms with van der Waals surface area (Å²) in [4.78, 5) is 26.8. The molecule has 0 aromatic heterocycles. The van der Waals surface area contributed by atoms with Crippen molar-refractivity contribution in [2.75, 3.05) is 13.2 Å². The van der Waals surface area contributed by atoms with E-state index in [4.69, 9.17) is 9.47 Å². The topological polar surface area (TPSA) is 52.6 Å². The third kappa shape index (κ3) is 10.4. The predicted molar refractivity (Wildman–Crippen MR) is 191 cm³/mol. The lowest BCUT2D eigenvalue weighted by molar-refractivity contribution is 0.0969. The number of ketones is 2. The van der Waals surface area contributed by atoms with Gasteiger partial charge in [-0.25, -0.2) is 0 Å². The lowest BCUT2D eigenvalue weighted by atomic mass is 9.72. The highest BCUT2D eigenvalue weighted by Gasteiger charge is 2.33. The van der Waals surface area contributed by atoms with E-state index in [1.807, 2.05) is 39.8 Å². The largest absolute Gasteiger partial charge is 0.493 e. The van der Waals surface area contributed by atoms with Crippen LogP contribution in [0, 0.1) is 0 Å². The molecule has 0 spiro atoms. The molecule has 2 aromatic rings. The van der Waals surface area contributed by atoms with Crippen molar-refractivity contribution in [2.24, 2.45) is 0 Å².